The van der Waals surface area contributed by atoms with Crippen LogP contribution in [-0.4, -0.2) is 70.3 Å². The number of aromatic nitrogens is 1. The van der Waals surface area contributed by atoms with Gasteiger partial charge in [0.1, 0.15) is 0 Å². The number of nitrogens with one attached hydrogen (secondary N) is 2. The fourth-order valence-electron chi connectivity index (χ4n) is 3.36. The maximum absolute atomic E-state index is 12.3. The zero-order valence-electron chi connectivity index (χ0n) is 16.8. The van der Waals surface area contributed by atoms with E-state index in [0.29, 0.717) is 0 Å². The molecule has 1 atom stereocenters. The first-order valence-corrected chi connectivity index (χ1v) is 12.0. The van der Waals surface area contributed by atoms with E-state index in [1.54, 1.807) is 21.9 Å². The fraction of sp³-hybridized carbons (Fsp3) is 0.450. The number of benzene rings is 1. The number of nitrogens with zero attached hydrogens (tertiary/aromatic N) is 3. The Hall–Kier alpha value is -2.48. The number of carbonyl (C=O) groups is 2. The van der Waals surface area contributed by atoms with Crippen LogP contribution in [0, 0.1) is 12.3 Å². The highest BCUT2D eigenvalue weighted by Crippen LogP contribution is 2.31. The van der Waals surface area contributed by atoms with Crippen molar-refractivity contribution in [1.29, 1.82) is 0 Å². The molecular formula is C20H25N5O3S2. The molecule has 0 aliphatic carbocycles. The molecule has 0 spiro atoms. The van der Waals surface area contributed by atoms with E-state index in [2.05, 4.69) is 27.5 Å². The molecule has 30 heavy (non-hydrogen) atoms. The second-order valence-corrected chi connectivity index (χ2v) is 9.26. The van der Waals surface area contributed by atoms with E-state index < -0.39 is 11.0 Å². The lowest BCUT2D eigenvalue weighted by molar-refractivity contribution is -0.126. The number of hydrogen-bond donors (Lipinski definition) is 2. The van der Waals surface area contributed by atoms with Crippen molar-refractivity contribution in [3.63, 3.8) is 0 Å². The summed E-state index contributed by atoms with van der Waals surface area (Å²) >= 11 is 1.67. The first-order chi connectivity index (χ1) is 14.5. The fourth-order valence-corrected chi connectivity index (χ4v) is 5.31. The number of para-hydroxylation sites is 1. The van der Waals surface area contributed by atoms with Gasteiger partial charge in [-0.25, -0.2) is 13.5 Å². The van der Waals surface area contributed by atoms with Crippen molar-refractivity contribution in [2.45, 2.75) is 18.9 Å². The topological polar surface area (TPSA) is 94.6 Å². The van der Waals surface area contributed by atoms with Crippen LogP contribution >= 0.6 is 11.3 Å². The Bertz CT molecular complexity index is 930. The first kappa shape index (κ1) is 22.2. The minimum absolute atomic E-state index is 0.0165. The number of anilines is 1. The second kappa shape index (κ2) is 10.5. The molecule has 2 heterocycles. The lowest BCUT2D eigenvalue weighted by Gasteiger charge is -2.36. The van der Waals surface area contributed by atoms with Crippen LogP contribution in [0.15, 0.2) is 24.3 Å². The quantitative estimate of drug-likeness (QED) is 0.582. The van der Waals surface area contributed by atoms with Gasteiger partial charge in [0.25, 0.3) is 0 Å². The van der Waals surface area contributed by atoms with Crippen molar-refractivity contribution in [1.82, 2.24) is 19.9 Å². The van der Waals surface area contributed by atoms with Gasteiger partial charge >= 0.3 is 0 Å². The van der Waals surface area contributed by atoms with Gasteiger partial charge in [-0.1, -0.05) is 29.4 Å². The normalized spacial score (nSPS) is 15.7. The average molecular weight is 448 g/mol. The Morgan fingerprint density at radius 2 is 2.03 bits per heavy atom. The number of hydrogen-bond acceptors (Lipinski definition) is 6. The third-order valence-electron chi connectivity index (χ3n) is 4.89. The minimum Gasteiger partial charge on any atom is -0.348 e. The molecule has 1 aliphatic rings. The number of thiazole rings is 1. The van der Waals surface area contributed by atoms with E-state index >= 15 is 0 Å². The van der Waals surface area contributed by atoms with E-state index in [4.69, 9.17) is 11.4 Å². The van der Waals surface area contributed by atoms with Crippen LogP contribution in [0.1, 0.15) is 12.8 Å². The van der Waals surface area contributed by atoms with E-state index in [0.717, 1.165) is 41.3 Å². The van der Waals surface area contributed by atoms with Gasteiger partial charge in [-0.15, -0.1) is 6.42 Å². The molecule has 2 aromatic rings. The summed E-state index contributed by atoms with van der Waals surface area (Å²) in [5, 5.41) is 6.03. The Morgan fingerprint density at radius 1 is 1.30 bits per heavy atom. The Morgan fingerprint density at radius 3 is 2.70 bits per heavy atom. The van der Waals surface area contributed by atoms with E-state index in [9.17, 15) is 13.8 Å². The van der Waals surface area contributed by atoms with Gasteiger partial charge in [0.05, 0.1) is 40.8 Å². The van der Waals surface area contributed by atoms with Gasteiger partial charge in [0.15, 0.2) is 5.13 Å². The minimum atomic E-state index is -1.29. The van der Waals surface area contributed by atoms with Crippen LogP contribution in [-0.2, 0) is 20.6 Å². The molecule has 1 fully saturated rings. The highest BCUT2D eigenvalue weighted by Gasteiger charge is 2.29. The highest BCUT2D eigenvalue weighted by atomic mass is 32.2. The molecular weight excluding hydrogens is 422 g/mol. The monoisotopic (exact) mass is 447 g/mol. The van der Waals surface area contributed by atoms with Crippen molar-refractivity contribution in [2.24, 2.45) is 0 Å². The van der Waals surface area contributed by atoms with E-state index in [1.807, 2.05) is 18.2 Å². The zero-order valence-corrected chi connectivity index (χ0v) is 18.4. The lowest BCUT2D eigenvalue weighted by Crippen LogP contribution is -2.49. The van der Waals surface area contributed by atoms with Crippen LogP contribution in [0.25, 0.3) is 10.2 Å². The van der Waals surface area contributed by atoms with Crippen molar-refractivity contribution in [2.75, 3.05) is 43.9 Å². The van der Waals surface area contributed by atoms with Crippen molar-refractivity contribution in [3.05, 3.63) is 24.3 Å². The van der Waals surface area contributed by atoms with Crippen molar-refractivity contribution >= 4 is 49.5 Å². The van der Waals surface area contributed by atoms with E-state index in [-0.39, 0.29) is 37.5 Å². The number of piperidine rings is 1. The van der Waals surface area contributed by atoms with E-state index in [1.165, 1.54) is 0 Å². The molecule has 8 nitrogen and oxygen atoms in total. The molecule has 160 valence electrons. The SMILES string of the molecule is C#CCNC(=O)CNC(=O)CN(C1CCN(c2nc3ccccc3s2)CC1)S(C)=O. The lowest BCUT2D eigenvalue weighted by atomic mass is 10.1. The number of fused-ring (bicyclic) bond motifs is 1. The predicted molar refractivity (Wildman–Crippen MR) is 120 cm³/mol. The molecule has 1 aromatic heterocycles. The Kier molecular flexibility index (Phi) is 7.79. The third-order valence-corrected chi connectivity index (χ3v) is 7.07. The summed E-state index contributed by atoms with van der Waals surface area (Å²) < 4.78 is 15.1. The summed E-state index contributed by atoms with van der Waals surface area (Å²) in [6, 6.07) is 8.10. The molecule has 1 saturated heterocycles. The number of terminal acetylenes is 1. The number of rotatable bonds is 8. The molecule has 0 radical (unpaired) electrons. The summed E-state index contributed by atoms with van der Waals surface area (Å²) in [6.07, 6.45) is 8.22. The van der Waals surface area contributed by atoms with Crippen LogP contribution in [0.5, 0.6) is 0 Å². The van der Waals surface area contributed by atoms with Crippen LogP contribution in [0.4, 0.5) is 5.13 Å². The molecule has 0 bridgehead atoms. The van der Waals surface area contributed by atoms with Crippen LogP contribution < -0.4 is 15.5 Å². The summed E-state index contributed by atoms with van der Waals surface area (Å²) in [4.78, 5) is 30.7. The Labute approximate surface area is 182 Å². The molecule has 0 saturated carbocycles. The maximum atomic E-state index is 12.3. The van der Waals surface area contributed by atoms with Gasteiger partial charge in [-0.2, -0.15) is 0 Å². The van der Waals surface area contributed by atoms with Gasteiger partial charge < -0.3 is 15.5 Å². The second-order valence-electron chi connectivity index (χ2n) is 6.94. The molecule has 1 unspecified atom stereocenters. The maximum Gasteiger partial charge on any atom is 0.240 e. The predicted octanol–water partition coefficient (Wildman–Crippen LogP) is 0.726. The van der Waals surface area contributed by atoms with Gasteiger partial charge in [-0.3, -0.25) is 9.59 Å². The van der Waals surface area contributed by atoms with Crippen LogP contribution in [0.2, 0.25) is 0 Å². The Balaban J connectivity index is 1.52. The number of carbonyl (C=O) groups excluding carboxylic acids is 2. The first-order valence-electron chi connectivity index (χ1n) is 9.65. The zero-order chi connectivity index (χ0) is 21.5. The van der Waals surface area contributed by atoms with Crippen molar-refractivity contribution in [3.8, 4) is 12.3 Å². The standard InChI is InChI=1S/C20H25N5O3S2/c1-3-10-21-18(26)13-22-19(27)14-25(30(2)28)15-8-11-24(12-9-15)20-23-16-6-4-5-7-17(16)29-20/h1,4-7,15H,8-14H2,2H3,(H,21,26)(H,22,27). The van der Waals surface area contributed by atoms with Crippen molar-refractivity contribution < 1.29 is 13.8 Å². The molecule has 10 heteroatoms. The molecule has 2 N–H and O–H groups in total. The average Bonchev–Trinajstić information content (AvgIpc) is 3.19. The van der Waals surface area contributed by atoms with Gasteiger partial charge in [0.2, 0.25) is 11.8 Å². The smallest absolute Gasteiger partial charge is 0.240 e. The van der Waals surface area contributed by atoms with Crippen LogP contribution in [0.3, 0.4) is 0 Å². The number of amides is 2. The molecule has 1 aromatic carbocycles. The largest absolute Gasteiger partial charge is 0.348 e. The van der Waals surface area contributed by atoms with Gasteiger partial charge in [0, 0.05) is 25.4 Å². The third kappa shape index (κ3) is 5.78. The van der Waals surface area contributed by atoms with Gasteiger partial charge in [-0.05, 0) is 25.0 Å². The highest BCUT2D eigenvalue weighted by molar-refractivity contribution is 7.81. The summed E-state index contributed by atoms with van der Waals surface area (Å²) in [5.41, 5.74) is 0.999. The summed E-state index contributed by atoms with van der Waals surface area (Å²) in [7, 11) is -1.29. The molecule has 3 rings (SSSR count). The summed E-state index contributed by atoms with van der Waals surface area (Å²) in [6.45, 7) is 1.52. The molecule has 1 aliphatic heterocycles. The molecule has 2 amide bonds. The summed E-state index contributed by atoms with van der Waals surface area (Å²) in [5.74, 6) is 1.61.